The number of hydrogen-bond donors (Lipinski definition) is 0. The van der Waals surface area contributed by atoms with Crippen LogP contribution in [-0.2, 0) is 17.1 Å². The Labute approximate surface area is 187 Å². The van der Waals surface area contributed by atoms with Gasteiger partial charge in [0, 0.05) is 25.5 Å². The lowest BCUT2D eigenvalue weighted by molar-refractivity contribution is 0.205. The first-order chi connectivity index (χ1) is 14.8. The van der Waals surface area contributed by atoms with Crippen LogP contribution in [0, 0.1) is 24.7 Å². The number of allylic oxidation sites excluding steroid dienone is 2. The van der Waals surface area contributed by atoms with Crippen LogP contribution in [-0.4, -0.2) is 44.4 Å². The van der Waals surface area contributed by atoms with Gasteiger partial charge in [0.05, 0.1) is 12.3 Å². The van der Waals surface area contributed by atoms with Crippen LogP contribution in [0.1, 0.15) is 31.4 Å². The molecule has 2 bridgehead atoms. The molecule has 166 valence electrons. The van der Waals surface area contributed by atoms with Crippen LogP contribution in [0.15, 0.2) is 41.6 Å². The molecule has 1 aliphatic heterocycles. The molecule has 0 radical (unpaired) electrons. The van der Waals surface area contributed by atoms with Gasteiger partial charge in [0.2, 0.25) is 5.88 Å². The molecular formula is C21H26ClN5O3S. The number of ether oxygens (including phenoxy) is 1. The minimum absolute atomic E-state index is 0.113. The molecule has 2 aromatic rings. The first-order valence-electron chi connectivity index (χ1n) is 10.6. The predicted molar refractivity (Wildman–Crippen MR) is 117 cm³/mol. The van der Waals surface area contributed by atoms with Crippen molar-refractivity contribution in [1.29, 1.82) is 0 Å². The number of sulfonamides is 1. The summed E-state index contributed by atoms with van der Waals surface area (Å²) in [5.41, 5.74) is -0.469. The molecule has 0 aromatic carbocycles. The van der Waals surface area contributed by atoms with Crippen LogP contribution in [0.3, 0.4) is 0 Å². The second kappa shape index (κ2) is 7.70. The summed E-state index contributed by atoms with van der Waals surface area (Å²) in [4.78, 5) is 0.113. The third-order valence-corrected chi connectivity index (χ3v) is 9.07. The highest BCUT2D eigenvalue weighted by Crippen LogP contribution is 2.49. The number of aromatic nitrogens is 4. The van der Waals surface area contributed by atoms with Crippen molar-refractivity contribution in [2.75, 3.05) is 6.61 Å². The zero-order valence-electron chi connectivity index (χ0n) is 17.6. The summed E-state index contributed by atoms with van der Waals surface area (Å²) in [5.74, 6) is 2.99. The highest BCUT2D eigenvalue weighted by Gasteiger charge is 2.42. The van der Waals surface area contributed by atoms with Crippen molar-refractivity contribution < 1.29 is 13.2 Å². The van der Waals surface area contributed by atoms with Gasteiger partial charge >= 0.3 is 0 Å². The van der Waals surface area contributed by atoms with E-state index in [1.54, 1.807) is 44.5 Å². The Morgan fingerprint density at radius 1 is 1.19 bits per heavy atom. The molecule has 3 heterocycles. The molecule has 0 saturated heterocycles. The first kappa shape index (κ1) is 20.6. The summed E-state index contributed by atoms with van der Waals surface area (Å²) < 4.78 is 37.0. The zero-order chi connectivity index (χ0) is 21.8. The quantitative estimate of drug-likeness (QED) is 0.484. The van der Waals surface area contributed by atoms with E-state index in [9.17, 15) is 8.42 Å². The number of hydrogen-bond acceptors (Lipinski definition) is 5. The van der Waals surface area contributed by atoms with Crippen molar-refractivity contribution in [1.82, 2.24) is 23.9 Å². The molecule has 2 aliphatic carbocycles. The fraction of sp³-hybridized carbons (Fsp3) is 0.524. The van der Waals surface area contributed by atoms with Crippen LogP contribution in [0.5, 0.6) is 5.88 Å². The molecule has 1 atom stereocenters. The average molecular weight is 464 g/mol. The van der Waals surface area contributed by atoms with Gasteiger partial charge in [-0.15, -0.1) is 5.10 Å². The second-order valence-electron chi connectivity index (χ2n) is 8.58. The van der Waals surface area contributed by atoms with Crippen LogP contribution in [0.25, 0.3) is 5.82 Å². The van der Waals surface area contributed by atoms with Gasteiger partial charge in [-0.2, -0.15) is 5.10 Å². The maximum Gasteiger partial charge on any atom is 0.270 e. The van der Waals surface area contributed by atoms with Gasteiger partial charge < -0.3 is 4.74 Å². The van der Waals surface area contributed by atoms with E-state index >= 15 is 0 Å². The van der Waals surface area contributed by atoms with Crippen molar-refractivity contribution in [2.45, 2.75) is 43.0 Å². The van der Waals surface area contributed by atoms with Gasteiger partial charge in [0.1, 0.15) is 16.2 Å². The Balaban J connectivity index is 1.39. The maximum absolute atomic E-state index is 13.4. The molecule has 5 rings (SSSR count). The van der Waals surface area contributed by atoms with Crippen LogP contribution in [0.4, 0.5) is 0 Å². The van der Waals surface area contributed by atoms with E-state index in [-0.39, 0.29) is 4.90 Å². The Bertz CT molecular complexity index is 1130. The average Bonchev–Trinajstić information content (AvgIpc) is 3.50. The summed E-state index contributed by atoms with van der Waals surface area (Å²) in [6.07, 6.45) is 13.4. The smallest absolute Gasteiger partial charge is 0.270 e. The number of rotatable bonds is 6. The molecule has 2 saturated carbocycles. The molecule has 8 nitrogen and oxygen atoms in total. The fourth-order valence-corrected chi connectivity index (χ4v) is 7.37. The number of alkyl halides is 1. The number of aryl methyl sites for hydroxylation is 2. The monoisotopic (exact) mass is 463 g/mol. The van der Waals surface area contributed by atoms with E-state index in [1.165, 1.54) is 41.2 Å². The lowest BCUT2D eigenvalue weighted by Gasteiger charge is -2.30. The van der Waals surface area contributed by atoms with Gasteiger partial charge in [-0.3, -0.25) is 4.68 Å². The lowest BCUT2D eigenvalue weighted by Crippen LogP contribution is -2.38. The summed E-state index contributed by atoms with van der Waals surface area (Å²) in [6, 6.07) is 1.76. The highest BCUT2D eigenvalue weighted by molar-refractivity contribution is 7.89. The largest absolute Gasteiger partial charge is 0.476 e. The molecule has 2 fully saturated rings. The standard InChI is InChI=1S/C21H26ClN5O3S/c1-14-18(12-25(2)23-14)31(28,29)27-19(22)4-3-5-21(27)26-11-10-20(24-26)30-13-17-15-6-7-16(17)9-8-15/h3-5,10-12,15-17,19H,6-9,13H2,1-2H3. The van der Waals surface area contributed by atoms with E-state index in [0.717, 1.165) is 16.1 Å². The van der Waals surface area contributed by atoms with Gasteiger partial charge in [-0.25, -0.2) is 17.4 Å². The molecule has 0 amide bonds. The molecule has 1 unspecified atom stereocenters. The molecule has 0 N–H and O–H groups in total. The third kappa shape index (κ3) is 3.57. The fourth-order valence-electron chi connectivity index (χ4n) is 5.23. The summed E-state index contributed by atoms with van der Waals surface area (Å²) in [7, 11) is -2.26. The van der Waals surface area contributed by atoms with Crippen LogP contribution >= 0.6 is 11.6 Å². The maximum atomic E-state index is 13.4. The number of halogens is 1. The number of nitrogens with zero attached hydrogens (tertiary/aromatic N) is 5. The Morgan fingerprint density at radius 3 is 2.55 bits per heavy atom. The first-order valence-corrected chi connectivity index (χ1v) is 12.5. The Kier molecular flexibility index (Phi) is 5.13. The molecule has 3 aliphatic rings. The number of fused-ring (bicyclic) bond motifs is 2. The van der Waals surface area contributed by atoms with Crippen LogP contribution < -0.4 is 4.74 Å². The molecule has 2 aromatic heterocycles. The predicted octanol–water partition coefficient (Wildman–Crippen LogP) is 3.36. The minimum atomic E-state index is -3.94. The van der Waals surface area contributed by atoms with Crippen molar-refractivity contribution in [3.8, 4) is 5.88 Å². The topological polar surface area (TPSA) is 82.2 Å². The van der Waals surface area contributed by atoms with E-state index in [1.807, 2.05) is 0 Å². The minimum Gasteiger partial charge on any atom is -0.476 e. The second-order valence-corrected chi connectivity index (χ2v) is 10.8. The Morgan fingerprint density at radius 2 is 1.90 bits per heavy atom. The van der Waals surface area contributed by atoms with E-state index in [4.69, 9.17) is 16.3 Å². The van der Waals surface area contributed by atoms with Gasteiger partial charge in [0.15, 0.2) is 0 Å². The summed E-state index contributed by atoms with van der Waals surface area (Å²) >= 11 is 6.43. The van der Waals surface area contributed by atoms with Crippen molar-refractivity contribution in [3.05, 3.63) is 42.4 Å². The lowest BCUT2D eigenvalue weighted by atomic mass is 9.99. The normalized spacial score (nSPS) is 27.7. The molecule has 0 spiro atoms. The van der Waals surface area contributed by atoms with Gasteiger partial charge in [-0.05, 0) is 62.5 Å². The van der Waals surface area contributed by atoms with Crippen molar-refractivity contribution >= 4 is 27.4 Å². The van der Waals surface area contributed by atoms with Crippen molar-refractivity contribution in [3.63, 3.8) is 0 Å². The van der Waals surface area contributed by atoms with Crippen molar-refractivity contribution in [2.24, 2.45) is 24.8 Å². The zero-order valence-corrected chi connectivity index (χ0v) is 19.1. The highest BCUT2D eigenvalue weighted by atomic mass is 35.5. The molecular weight excluding hydrogens is 438 g/mol. The van der Waals surface area contributed by atoms with E-state index in [2.05, 4.69) is 10.2 Å². The molecule has 10 heteroatoms. The molecule has 31 heavy (non-hydrogen) atoms. The Hall–Kier alpha value is -2.26. The summed E-state index contributed by atoms with van der Waals surface area (Å²) in [5, 5.41) is 8.66. The van der Waals surface area contributed by atoms with Gasteiger partial charge in [-0.1, -0.05) is 17.7 Å². The summed E-state index contributed by atoms with van der Waals surface area (Å²) in [6.45, 7) is 2.33. The SMILES string of the molecule is Cc1nn(C)cc1S(=O)(=O)N1C(n2ccc(OCC3C4CCC3CC4)n2)=CC=CC1Cl. The van der Waals surface area contributed by atoms with Crippen LogP contribution in [0.2, 0.25) is 0 Å². The van der Waals surface area contributed by atoms with E-state index in [0.29, 0.717) is 29.9 Å². The van der Waals surface area contributed by atoms with E-state index < -0.39 is 15.5 Å². The third-order valence-electron chi connectivity index (χ3n) is 6.72. The van der Waals surface area contributed by atoms with Gasteiger partial charge in [0.25, 0.3) is 10.0 Å².